The van der Waals surface area contributed by atoms with Gasteiger partial charge in [-0.05, 0) is 46.5 Å². The smallest absolute Gasteiger partial charge is 0.407 e. The van der Waals surface area contributed by atoms with Gasteiger partial charge in [-0.3, -0.25) is 19.2 Å². The molecule has 270 valence electrons. The van der Waals surface area contributed by atoms with E-state index in [1.807, 2.05) is 65.0 Å². The minimum Gasteiger partial charge on any atom is -0.445 e. The van der Waals surface area contributed by atoms with Crippen LogP contribution in [0.4, 0.5) is 9.59 Å². The maximum absolute atomic E-state index is 14.3. The van der Waals surface area contributed by atoms with Gasteiger partial charge in [0, 0.05) is 13.1 Å². The van der Waals surface area contributed by atoms with Gasteiger partial charge in [-0.15, -0.1) is 0 Å². The normalized spacial score (nSPS) is 22.9. The average molecular weight is 683 g/mol. The average Bonchev–Trinajstić information content (AvgIpc) is 3.32. The molecule has 6 atom stereocenters. The first kappa shape index (κ1) is 37.7. The van der Waals surface area contributed by atoms with Crippen molar-refractivity contribution in [2.45, 2.75) is 105 Å². The van der Waals surface area contributed by atoms with Gasteiger partial charge in [-0.1, -0.05) is 98.1 Å². The highest BCUT2D eigenvalue weighted by Gasteiger charge is 2.70. The number of amides is 6. The summed E-state index contributed by atoms with van der Waals surface area (Å²) in [6.45, 7) is 13.9. The van der Waals surface area contributed by atoms with Gasteiger partial charge in [0.05, 0.1) is 12.1 Å². The zero-order chi connectivity index (χ0) is 36.3. The number of urea groups is 1. The van der Waals surface area contributed by atoms with Crippen molar-refractivity contribution >= 4 is 35.6 Å². The van der Waals surface area contributed by atoms with E-state index in [9.17, 15) is 28.8 Å². The number of alkyl carbamates (subject to hydrolysis) is 1. The standard InChI is InChI=1S/C36H54N6O7/c1-20(2)25(40-34(48)49-19-22-12-9-8-10-13-22)17-38-33(47)41-29(35(3,4)5)32(46)42-18-23-26(36(23,6)7)27(42)31(45)39-24(28(43)30(37)44)16-21-14-11-15-21/h8-10,12-13,20-21,23-27,29H,11,14-19H2,1-7H3,(H2,37,44)(H,39,45)(H,40,48)(H2,38,41,47)/t23-,24?,25+,26-,27-,29+/m0/s1. The number of rotatable bonds is 14. The number of carbonyl (C=O) groups is 6. The van der Waals surface area contributed by atoms with Crippen LogP contribution in [0.15, 0.2) is 30.3 Å². The molecule has 13 nitrogen and oxygen atoms in total. The van der Waals surface area contributed by atoms with E-state index >= 15 is 0 Å². The van der Waals surface area contributed by atoms with Crippen molar-refractivity contribution < 1.29 is 33.5 Å². The van der Waals surface area contributed by atoms with Gasteiger partial charge in [0.25, 0.3) is 5.91 Å². The first-order chi connectivity index (χ1) is 22.9. The monoisotopic (exact) mass is 682 g/mol. The van der Waals surface area contributed by atoms with Crippen LogP contribution in [0.3, 0.4) is 0 Å². The lowest BCUT2D eigenvalue weighted by atomic mass is 9.80. The number of piperidine rings is 1. The second-order valence-electron chi connectivity index (χ2n) is 15.9. The Hall–Kier alpha value is -4.16. The van der Waals surface area contributed by atoms with Crippen LogP contribution in [0.25, 0.3) is 0 Å². The van der Waals surface area contributed by atoms with E-state index < -0.39 is 65.2 Å². The van der Waals surface area contributed by atoms with E-state index in [2.05, 4.69) is 35.1 Å². The number of ketones is 1. The molecule has 1 aromatic carbocycles. The Labute approximate surface area is 289 Å². The van der Waals surface area contributed by atoms with Gasteiger partial charge < -0.3 is 36.6 Å². The highest BCUT2D eigenvalue weighted by molar-refractivity contribution is 6.37. The van der Waals surface area contributed by atoms with E-state index in [-0.39, 0.29) is 42.2 Å². The summed E-state index contributed by atoms with van der Waals surface area (Å²) in [6.07, 6.45) is 2.58. The van der Waals surface area contributed by atoms with Crippen LogP contribution in [0.1, 0.15) is 79.7 Å². The lowest BCUT2D eigenvalue weighted by molar-refractivity contribution is -0.145. The maximum atomic E-state index is 14.3. The molecule has 49 heavy (non-hydrogen) atoms. The molecular formula is C36H54N6O7. The second kappa shape index (κ2) is 15.2. The van der Waals surface area contributed by atoms with Crippen LogP contribution in [0.2, 0.25) is 0 Å². The summed E-state index contributed by atoms with van der Waals surface area (Å²) < 4.78 is 5.34. The van der Waals surface area contributed by atoms with Gasteiger partial charge >= 0.3 is 12.1 Å². The Bertz CT molecular complexity index is 1400. The van der Waals surface area contributed by atoms with Crippen molar-refractivity contribution in [3.8, 4) is 0 Å². The zero-order valence-electron chi connectivity index (χ0n) is 29.8. The predicted molar refractivity (Wildman–Crippen MR) is 183 cm³/mol. The second-order valence-corrected chi connectivity index (χ2v) is 15.9. The molecule has 1 aliphatic heterocycles. The minimum absolute atomic E-state index is 0.0434. The van der Waals surface area contributed by atoms with Crippen molar-refractivity contribution in [1.29, 1.82) is 0 Å². The summed E-state index contributed by atoms with van der Waals surface area (Å²) in [4.78, 5) is 80.0. The predicted octanol–water partition coefficient (Wildman–Crippen LogP) is 2.86. The molecule has 2 aliphatic carbocycles. The molecule has 13 heteroatoms. The molecule has 4 rings (SSSR count). The molecule has 0 bridgehead atoms. The Balaban J connectivity index is 1.41. The Kier molecular flexibility index (Phi) is 11.7. The number of primary amides is 1. The van der Waals surface area contributed by atoms with E-state index in [1.165, 1.54) is 4.90 Å². The summed E-state index contributed by atoms with van der Waals surface area (Å²) in [5.74, 6) is -2.74. The fraction of sp³-hybridized carbons (Fsp3) is 0.667. The quantitative estimate of drug-likeness (QED) is 0.187. The molecule has 1 unspecified atom stereocenters. The van der Waals surface area contributed by atoms with Crippen molar-refractivity contribution in [2.75, 3.05) is 13.1 Å². The summed E-state index contributed by atoms with van der Waals surface area (Å²) in [5, 5.41) is 11.2. The molecule has 0 radical (unpaired) electrons. The van der Waals surface area contributed by atoms with Crippen LogP contribution in [-0.2, 0) is 30.5 Å². The van der Waals surface area contributed by atoms with Gasteiger partial charge in [0.2, 0.25) is 17.6 Å². The maximum Gasteiger partial charge on any atom is 0.407 e. The van der Waals surface area contributed by atoms with Crippen molar-refractivity contribution in [3.63, 3.8) is 0 Å². The number of hydrogen-bond acceptors (Lipinski definition) is 7. The Morgan fingerprint density at radius 2 is 1.65 bits per heavy atom. The molecule has 0 aromatic heterocycles. The molecule has 0 spiro atoms. The third-order valence-corrected chi connectivity index (χ3v) is 10.6. The van der Waals surface area contributed by atoms with Crippen LogP contribution >= 0.6 is 0 Å². The number of nitrogens with one attached hydrogen (secondary N) is 4. The topological polar surface area (TPSA) is 189 Å². The molecule has 1 heterocycles. The summed E-state index contributed by atoms with van der Waals surface area (Å²) >= 11 is 0. The Morgan fingerprint density at radius 3 is 2.20 bits per heavy atom. The van der Waals surface area contributed by atoms with E-state index in [0.717, 1.165) is 24.8 Å². The molecule has 1 saturated heterocycles. The van der Waals surface area contributed by atoms with Crippen molar-refractivity contribution in [3.05, 3.63) is 35.9 Å². The molecule has 6 N–H and O–H groups in total. The van der Waals surface area contributed by atoms with E-state index in [1.54, 1.807) is 0 Å². The largest absolute Gasteiger partial charge is 0.445 e. The summed E-state index contributed by atoms with van der Waals surface area (Å²) in [5.41, 5.74) is 5.25. The van der Waals surface area contributed by atoms with Crippen LogP contribution in [0, 0.1) is 34.5 Å². The third-order valence-electron chi connectivity index (χ3n) is 10.6. The number of nitrogens with zero attached hydrogens (tertiary/aromatic N) is 1. The minimum atomic E-state index is -1.10. The molecule has 3 aliphatic rings. The highest BCUT2D eigenvalue weighted by atomic mass is 16.5. The molecule has 3 fully saturated rings. The summed E-state index contributed by atoms with van der Waals surface area (Å²) in [6, 6.07) is 5.32. The molecular weight excluding hydrogens is 628 g/mol. The number of likely N-dealkylation sites (tertiary alicyclic amines) is 1. The number of carbonyl (C=O) groups excluding carboxylic acids is 6. The third kappa shape index (κ3) is 9.10. The number of hydrogen-bond donors (Lipinski definition) is 5. The fourth-order valence-electron chi connectivity index (χ4n) is 7.10. The zero-order valence-corrected chi connectivity index (χ0v) is 29.8. The van der Waals surface area contributed by atoms with Crippen LogP contribution in [0.5, 0.6) is 0 Å². The fourth-order valence-corrected chi connectivity index (χ4v) is 7.10. The molecule has 6 amide bonds. The number of ether oxygens (including phenoxy) is 1. The van der Waals surface area contributed by atoms with Gasteiger partial charge in [-0.2, -0.15) is 0 Å². The van der Waals surface area contributed by atoms with Crippen molar-refractivity contribution in [2.24, 2.45) is 40.2 Å². The number of benzene rings is 1. The van der Waals surface area contributed by atoms with E-state index in [0.29, 0.717) is 13.0 Å². The lowest BCUT2D eigenvalue weighted by Gasteiger charge is -2.38. The van der Waals surface area contributed by atoms with Gasteiger partial charge in [0.1, 0.15) is 18.7 Å². The van der Waals surface area contributed by atoms with Crippen LogP contribution < -0.4 is 27.0 Å². The number of Topliss-reactive ketones (excluding diaryl/α,β-unsaturated/α-hetero) is 1. The van der Waals surface area contributed by atoms with E-state index in [4.69, 9.17) is 10.5 Å². The van der Waals surface area contributed by atoms with Gasteiger partial charge in [-0.25, -0.2) is 9.59 Å². The lowest BCUT2D eigenvalue weighted by Crippen LogP contribution is -2.61. The SMILES string of the molecule is CC(C)[C@@H](CNC(=O)N[C@H](C(=O)N1C[C@H]2[C@@H]([C@H]1C(=O)NC(CC1CCC1)C(=O)C(N)=O)C2(C)C)C(C)(C)C)NC(=O)OCc1ccccc1. The first-order valence-corrected chi connectivity index (χ1v) is 17.4. The van der Waals surface area contributed by atoms with Crippen LogP contribution in [-0.4, -0.2) is 77.8 Å². The first-order valence-electron chi connectivity index (χ1n) is 17.4. The molecule has 2 saturated carbocycles. The highest BCUT2D eigenvalue weighted by Crippen LogP contribution is 2.65. The number of nitrogens with two attached hydrogens (primary N) is 1. The van der Waals surface area contributed by atoms with Gasteiger partial charge in [0.15, 0.2) is 0 Å². The Morgan fingerprint density at radius 1 is 1.00 bits per heavy atom. The summed E-state index contributed by atoms with van der Waals surface area (Å²) in [7, 11) is 0. The van der Waals surface area contributed by atoms with Crippen molar-refractivity contribution in [1.82, 2.24) is 26.2 Å². The molecule has 1 aromatic rings. The number of fused-ring (bicyclic) bond motifs is 1.